The number of benzene rings is 2. The lowest BCUT2D eigenvalue weighted by Gasteiger charge is -2.17. The summed E-state index contributed by atoms with van der Waals surface area (Å²) in [6.07, 6.45) is 0. The standard InChI is InChI=1S/C17H15F3N2O2S2/c1-10(26(23,24)17(18,19)20)11-4-6-13-15(8-11)25-16-9-12(22(2)3)5-7-14(16)21-13/h4-9H,1-3H3/b11-10-. The van der Waals surface area contributed by atoms with Gasteiger partial charge in [-0.15, -0.1) is 0 Å². The first-order valence-corrected chi connectivity index (χ1v) is 9.81. The van der Waals surface area contributed by atoms with Crippen molar-refractivity contribution in [2.75, 3.05) is 19.0 Å². The molecule has 0 radical (unpaired) electrons. The molecule has 1 aliphatic heterocycles. The zero-order valence-corrected chi connectivity index (χ0v) is 15.8. The predicted molar refractivity (Wildman–Crippen MR) is 95.8 cm³/mol. The third-order valence-electron chi connectivity index (χ3n) is 3.99. The van der Waals surface area contributed by atoms with Gasteiger partial charge in [0.05, 0.1) is 15.9 Å². The van der Waals surface area contributed by atoms with Gasteiger partial charge in [-0.1, -0.05) is 17.8 Å². The molecule has 0 amide bonds. The van der Waals surface area contributed by atoms with Crippen LogP contribution in [0.25, 0.3) is 4.91 Å². The maximum Gasteiger partial charge on any atom is 0.501 e. The van der Waals surface area contributed by atoms with E-state index in [0.717, 1.165) is 23.2 Å². The van der Waals surface area contributed by atoms with Gasteiger partial charge in [0, 0.05) is 29.6 Å². The van der Waals surface area contributed by atoms with Crippen LogP contribution >= 0.6 is 11.8 Å². The van der Waals surface area contributed by atoms with Gasteiger partial charge in [0.1, 0.15) is 0 Å². The Labute approximate surface area is 153 Å². The quantitative estimate of drug-likeness (QED) is 0.663. The van der Waals surface area contributed by atoms with Gasteiger partial charge in [0.25, 0.3) is 9.84 Å². The smallest absolute Gasteiger partial charge is 0.378 e. The van der Waals surface area contributed by atoms with Crippen molar-refractivity contribution in [1.29, 1.82) is 0 Å². The van der Waals surface area contributed by atoms with Crippen molar-refractivity contribution in [3.8, 4) is 0 Å². The predicted octanol–water partition coefficient (Wildman–Crippen LogP) is 3.23. The topological polar surface area (TPSA) is 49.7 Å². The Kier molecular flexibility index (Phi) is 4.56. The Balaban J connectivity index is 2.16. The first-order valence-electron chi connectivity index (χ1n) is 7.51. The van der Waals surface area contributed by atoms with Gasteiger partial charge in [0.15, 0.2) is 0 Å². The molecule has 0 N–H and O–H groups in total. The minimum atomic E-state index is -5.36. The molecular formula is C17H15F3N2O2S2. The summed E-state index contributed by atoms with van der Waals surface area (Å²) in [7, 11) is -1.56. The van der Waals surface area contributed by atoms with Gasteiger partial charge in [-0.3, -0.25) is 0 Å². The van der Waals surface area contributed by atoms with Crippen molar-refractivity contribution >= 4 is 37.9 Å². The molecule has 0 saturated heterocycles. The van der Waals surface area contributed by atoms with Crippen LogP contribution in [0.1, 0.15) is 6.92 Å². The molecule has 4 nitrogen and oxygen atoms in total. The van der Waals surface area contributed by atoms with Crippen molar-refractivity contribution in [3.63, 3.8) is 0 Å². The summed E-state index contributed by atoms with van der Waals surface area (Å²) in [6.45, 7) is 0.966. The molecule has 1 heterocycles. The molecular weight excluding hydrogens is 385 g/mol. The lowest BCUT2D eigenvalue weighted by atomic mass is 10.2. The van der Waals surface area contributed by atoms with Crippen LogP contribution in [0.15, 0.2) is 51.2 Å². The largest absolute Gasteiger partial charge is 0.501 e. The first-order chi connectivity index (χ1) is 12.0. The van der Waals surface area contributed by atoms with Crippen molar-refractivity contribution in [1.82, 2.24) is 0 Å². The number of hydrogen-bond donors (Lipinski definition) is 0. The van der Waals surface area contributed by atoms with Crippen LogP contribution in [0.2, 0.25) is 0 Å². The van der Waals surface area contributed by atoms with Crippen molar-refractivity contribution < 1.29 is 21.6 Å². The number of alkyl halides is 3. The van der Waals surface area contributed by atoms with Crippen molar-refractivity contribution in [3.05, 3.63) is 47.0 Å². The van der Waals surface area contributed by atoms with E-state index in [0.29, 0.717) is 10.3 Å². The minimum absolute atomic E-state index is 0.0102. The molecule has 0 spiro atoms. The Morgan fingerprint density at radius 1 is 1.08 bits per heavy atom. The number of halogens is 3. The highest BCUT2D eigenvalue weighted by atomic mass is 32.2. The van der Waals surface area contributed by atoms with Crippen LogP contribution in [0.3, 0.4) is 0 Å². The summed E-state index contributed by atoms with van der Waals surface area (Å²) in [5.74, 6) is 0. The van der Waals surface area contributed by atoms with E-state index in [2.05, 4.69) is 4.99 Å². The Morgan fingerprint density at radius 2 is 1.77 bits per heavy atom. The van der Waals surface area contributed by atoms with E-state index in [9.17, 15) is 21.6 Å². The molecule has 26 heavy (non-hydrogen) atoms. The summed E-state index contributed by atoms with van der Waals surface area (Å²) in [6, 6.07) is 10.1. The van der Waals surface area contributed by atoms with Crippen LogP contribution in [-0.4, -0.2) is 28.0 Å². The van der Waals surface area contributed by atoms with Gasteiger partial charge in [-0.2, -0.15) is 13.2 Å². The summed E-state index contributed by atoms with van der Waals surface area (Å²) < 4.78 is 61.6. The van der Waals surface area contributed by atoms with Crippen LogP contribution < -0.4 is 15.5 Å². The summed E-state index contributed by atoms with van der Waals surface area (Å²) in [4.78, 5) is 7.18. The molecule has 0 saturated carbocycles. The average molecular weight is 400 g/mol. The van der Waals surface area contributed by atoms with Gasteiger partial charge < -0.3 is 4.90 Å². The minimum Gasteiger partial charge on any atom is -0.378 e. The first kappa shape index (κ1) is 18.8. The number of nitrogens with zero attached hydrogens (tertiary/aromatic N) is 2. The number of anilines is 1. The summed E-state index contributed by atoms with van der Waals surface area (Å²) in [5, 5.41) is 0.608. The molecule has 0 fully saturated rings. The zero-order chi connectivity index (χ0) is 19.3. The number of rotatable bonds is 2. The van der Waals surface area contributed by atoms with E-state index in [4.69, 9.17) is 0 Å². The average Bonchev–Trinajstić information content (AvgIpc) is 2.57. The van der Waals surface area contributed by atoms with Crippen molar-refractivity contribution in [2.24, 2.45) is 4.99 Å². The second-order valence-corrected chi connectivity index (χ2v) is 9.11. The molecule has 3 rings (SSSR count). The Bertz CT molecular complexity index is 1110. The SMILES string of the molecule is C/C(=c1\ccc2c(c1)Sc1cc(N(C)C)ccc1N=2)S(=O)(=O)C(F)(F)F. The highest BCUT2D eigenvalue weighted by Gasteiger charge is 2.46. The monoisotopic (exact) mass is 400 g/mol. The molecule has 0 aliphatic carbocycles. The highest BCUT2D eigenvalue weighted by Crippen LogP contribution is 2.38. The number of hydrogen-bond acceptors (Lipinski definition) is 5. The molecule has 0 aromatic heterocycles. The molecule has 1 aliphatic rings. The summed E-state index contributed by atoms with van der Waals surface area (Å²) >= 11 is 1.35. The normalized spacial score (nSPS) is 14.8. The van der Waals surface area contributed by atoms with E-state index < -0.39 is 20.3 Å². The molecule has 0 unspecified atom stereocenters. The van der Waals surface area contributed by atoms with E-state index in [1.54, 1.807) is 0 Å². The molecule has 2 aromatic rings. The van der Waals surface area contributed by atoms with E-state index >= 15 is 0 Å². The van der Waals surface area contributed by atoms with Gasteiger partial charge in [0.2, 0.25) is 0 Å². The van der Waals surface area contributed by atoms with Gasteiger partial charge in [-0.05, 0) is 42.5 Å². The molecule has 0 atom stereocenters. The van der Waals surface area contributed by atoms with Gasteiger partial charge in [-0.25, -0.2) is 13.4 Å². The van der Waals surface area contributed by atoms with Crippen LogP contribution in [0, 0.1) is 0 Å². The van der Waals surface area contributed by atoms with Crippen LogP contribution in [0.4, 0.5) is 24.5 Å². The second-order valence-electron chi connectivity index (χ2n) is 5.95. The lowest BCUT2D eigenvalue weighted by molar-refractivity contribution is -0.0420. The van der Waals surface area contributed by atoms with E-state index in [-0.39, 0.29) is 5.22 Å². The number of sulfone groups is 1. The maximum atomic E-state index is 12.8. The van der Waals surface area contributed by atoms with Gasteiger partial charge >= 0.3 is 5.51 Å². The fourth-order valence-corrected chi connectivity index (χ4v) is 4.26. The molecule has 138 valence electrons. The lowest BCUT2D eigenvalue weighted by Crippen LogP contribution is -2.27. The van der Waals surface area contributed by atoms with Crippen LogP contribution in [0.5, 0.6) is 0 Å². The van der Waals surface area contributed by atoms with Crippen LogP contribution in [-0.2, 0) is 9.84 Å². The number of fused-ring (bicyclic) bond motifs is 2. The third kappa shape index (κ3) is 3.21. The second kappa shape index (κ2) is 6.31. The fraction of sp³-hybridized carbons (Fsp3) is 0.235. The Hall–Kier alpha value is -2.00. The van der Waals surface area contributed by atoms with E-state index in [1.807, 2.05) is 37.2 Å². The molecule has 0 bridgehead atoms. The Morgan fingerprint density at radius 3 is 2.38 bits per heavy atom. The summed E-state index contributed by atoms with van der Waals surface area (Å²) in [5.41, 5.74) is -3.59. The zero-order valence-electron chi connectivity index (χ0n) is 14.1. The highest BCUT2D eigenvalue weighted by molar-refractivity contribution is 8.01. The molecule has 2 aromatic carbocycles. The third-order valence-corrected chi connectivity index (χ3v) is 6.74. The fourth-order valence-electron chi connectivity index (χ4n) is 2.44. The van der Waals surface area contributed by atoms with E-state index in [1.165, 1.54) is 30.0 Å². The van der Waals surface area contributed by atoms with Crippen molar-refractivity contribution in [2.45, 2.75) is 22.2 Å². The maximum absolute atomic E-state index is 12.8. The molecule has 9 heteroatoms.